The summed E-state index contributed by atoms with van der Waals surface area (Å²) < 4.78 is 0. The van der Waals surface area contributed by atoms with Gasteiger partial charge in [-0.3, -0.25) is 0 Å². The molecule has 0 atom stereocenters. The van der Waals surface area contributed by atoms with Crippen molar-refractivity contribution >= 4 is 23.6 Å². The van der Waals surface area contributed by atoms with Crippen molar-refractivity contribution in [2.24, 2.45) is 0 Å². The smallest absolute Gasteiger partial charge is 0.0669 e. The minimum absolute atomic E-state index is 0.383. The van der Waals surface area contributed by atoms with Crippen molar-refractivity contribution in [2.45, 2.75) is 19.8 Å². The lowest BCUT2D eigenvalue weighted by atomic mass is 9.93. The Balaban J connectivity index is 2.29. The van der Waals surface area contributed by atoms with Gasteiger partial charge in [-0.15, -0.1) is 0 Å². The molecule has 24 heavy (non-hydrogen) atoms. The van der Waals surface area contributed by atoms with Gasteiger partial charge in [0.1, 0.15) is 0 Å². The lowest BCUT2D eigenvalue weighted by molar-refractivity contribution is 1.13. The molecule has 0 fully saturated rings. The maximum atomic E-state index is 8.70. The molecule has 0 unspecified atom stereocenters. The second-order valence-electron chi connectivity index (χ2n) is 5.48. The van der Waals surface area contributed by atoms with E-state index >= 15 is 0 Å². The summed E-state index contributed by atoms with van der Waals surface area (Å²) in [6, 6.07) is 13.6. The monoisotopic (exact) mass is 315 g/mol. The summed E-state index contributed by atoms with van der Waals surface area (Å²) in [6.07, 6.45) is 6.65. The first-order chi connectivity index (χ1) is 11.6. The van der Waals surface area contributed by atoms with E-state index in [0.717, 1.165) is 34.2 Å². The number of benzene rings is 2. The van der Waals surface area contributed by atoms with Crippen LogP contribution in [0.4, 0.5) is 5.69 Å². The van der Waals surface area contributed by atoms with Crippen molar-refractivity contribution in [3.63, 3.8) is 0 Å². The average Bonchev–Trinajstić information content (AvgIpc) is 2.60. The Labute approximate surface area is 143 Å². The van der Waals surface area contributed by atoms with Crippen LogP contribution in [0, 0.1) is 16.7 Å². The zero-order chi connectivity index (χ0) is 17.5. The molecule has 3 nitrogen and oxygen atoms in total. The number of nitrogens with two attached hydrogens (primary N) is 1. The van der Waals surface area contributed by atoms with E-state index in [9.17, 15) is 0 Å². The number of nitrogens with one attached hydrogen (secondary N) is 1. The van der Waals surface area contributed by atoms with Gasteiger partial charge in [0.05, 0.1) is 18.2 Å². The minimum atomic E-state index is 0.383. The van der Waals surface area contributed by atoms with E-state index in [-0.39, 0.29) is 0 Å². The van der Waals surface area contributed by atoms with E-state index in [2.05, 4.69) is 19.6 Å². The fourth-order valence-corrected chi connectivity index (χ4v) is 2.67. The maximum absolute atomic E-state index is 8.70. The highest BCUT2D eigenvalue weighted by molar-refractivity contribution is 6.13. The highest BCUT2D eigenvalue weighted by atomic mass is 14.6. The van der Waals surface area contributed by atoms with Crippen LogP contribution in [0.5, 0.6) is 0 Å². The van der Waals surface area contributed by atoms with E-state index in [1.54, 1.807) is 12.2 Å². The van der Waals surface area contributed by atoms with E-state index < -0.39 is 0 Å². The van der Waals surface area contributed by atoms with Gasteiger partial charge in [0.25, 0.3) is 0 Å². The quantitative estimate of drug-likeness (QED) is 0.603. The molecule has 0 aliphatic carbocycles. The van der Waals surface area contributed by atoms with Crippen molar-refractivity contribution in [3.05, 3.63) is 76.9 Å². The van der Waals surface area contributed by atoms with Gasteiger partial charge in [-0.25, -0.2) is 0 Å². The molecule has 3 N–H and O–H groups in total. The molecule has 0 heterocycles. The standard InChI is InChI=1S/C21H21N3/c1-3-17-10-12-20(24)21(18(17)4-2)19(23)11-9-15-5-7-16(8-6-15)13-14-22/h3,5-12,23H,1,4,13,24H2,2H3/b11-9+,23-19?. The molecule has 2 aromatic carbocycles. The topological polar surface area (TPSA) is 73.7 Å². The number of allylic oxidation sites excluding steroid dienone is 1. The Hall–Kier alpha value is -3.12. The van der Waals surface area contributed by atoms with Crippen LogP contribution in [-0.2, 0) is 12.8 Å². The molecule has 0 aliphatic heterocycles. The molecule has 0 bridgehead atoms. The van der Waals surface area contributed by atoms with E-state index in [4.69, 9.17) is 16.4 Å². The number of nitrogens with zero attached hydrogens (tertiary/aromatic N) is 1. The van der Waals surface area contributed by atoms with Crippen LogP contribution >= 0.6 is 0 Å². The zero-order valence-corrected chi connectivity index (χ0v) is 13.8. The summed E-state index contributed by atoms with van der Waals surface area (Å²) in [5, 5.41) is 17.1. The molecule has 0 aromatic heterocycles. The van der Waals surface area contributed by atoms with Crippen molar-refractivity contribution in [1.29, 1.82) is 10.7 Å². The molecule has 120 valence electrons. The molecular weight excluding hydrogens is 294 g/mol. The van der Waals surface area contributed by atoms with Crippen molar-refractivity contribution in [2.75, 3.05) is 5.73 Å². The summed E-state index contributed by atoms with van der Waals surface area (Å²) >= 11 is 0. The molecular formula is C21H21N3. The number of rotatable bonds is 6. The van der Waals surface area contributed by atoms with Crippen LogP contribution in [0.15, 0.2) is 49.1 Å². The second kappa shape index (κ2) is 7.94. The molecule has 0 aliphatic rings. The number of nitriles is 1. The molecule has 0 amide bonds. The molecule has 2 rings (SSSR count). The van der Waals surface area contributed by atoms with Crippen LogP contribution in [0.2, 0.25) is 0 Å². The van der Waals surface area contributed by atoms with Crippen LogP contribution < -0.4 is 5.73 Å². The van der Waals surface area contributed by atoms with Gasteiger partial charge in [-0.05, 0) is 40.8 Å². The highest BCUT2D eigenvalue weighted by Crippen LogP contribution is 2.24. The summed E-state index contributed by atoms with van der Waals surface area (Å²) in [6.45, 7) is 5.89. The van der Waals surface area contributed by atoms with Crippen molar-refractivity contribution in [1.82, 2.24) is 0 Å². The molecule has 0 radical (unpaired) electrons. The van der Waals surface area contributed by atoms with Crippen LogP contribution in [0.25, 0.3) is 12.2 Å². The van der Waals surface area contributed by atoms with Gasteiger partial charge in [0.2, 0.25) is 0 Å². The minimum Gasteiger partial charge on any atom is -0.398 e. The van der Waals surface area contributed by atoms with Gasteiger partial charge in [0.15, 0.2) is 0 Å². The van der Waals surface area contributed by atoms with Crippen molar-refractivity contribution < 1.29 is 0 Å². The van der Waals surface area contributed by atoms with Gasteiger partial charge in [0, 0.05) is 11.3 Å². The van der Waals surface area contributed by atoms with Gasteiger partial charge in [-0.1, -0.05) is 56.0 Å². The molecule has 0 spiro atoms. The number of hydrogen-bond acceptors (Lipinski definition) is 3. The Morgan fingerprint density at radius 3 is 2.54 bits per heavy atom. The summed E-state index contributed by atoms with van der Waals surface area (Å²) in [4.78, 5) is 0. The van der Waals surface area contributed by atoms with Crippen LogP contribution in [-0.4, -0.2) is 5.71 Å². The van der Waals surface area contributed by atoms with Gasteiger partial charge in [-0.2, -0.15) is 5.26 Å². The SMILES string of the molecule is C=Cc1ccc(N)c(C(=N)/C=C/c2ccc(CC#N)cc2)c1CC. The summed E-state index contributed by atoms with van der Waals surface area (Å²) in [5.74, 6) is 0. The van der Waals surface area contributed by atoms with E-state index in [1.165, 1.54) is 0 Å². The first-order valence-electron chi connectivity index (χ1n) is 7.87. The largest absolute Gasteiger partial charge is 0.398 e. The zero-order valence-electron chi connectivity index (χ0n) is 13.8. The molecule has 2 aromatic rings. The average molecular weight is 315 g/mol. The third-order valence-electron chi connectivity index (χ3n) is 3.93. The van der Waals surface area contributed by atoms with E-state index in [0.29, 0.717) is 17.8 Å². The highest BCUT2D eigenvalue weighted by Gasteiger charge is 2.11. The Morgan fingerprint density at radius 1 is 1.25 bits per heavy atom. The number of hydrogen-bond donors (Lipinski definition) is 2. The number of anilines is 1. The van der Waals surface area contributed by atoms with Crippen LogP contribution in [0.1, 0.15) is 34.7 Å². The summed E-state index contributed by atoms with van der Waals surface area (Å²) in [5.41, 5.74) is 11.9. The third kappa shape index (κ3) is 3.80. The fraction of sp³-hybridized carbons (Fsp3) is 0.143. The Morgan fingerprint density at radius 2 is 1.96 bits per heavy atom. The number of nitrogen functional groups attached to an aromatic ring is 1. The lowest BCUT2D eigenvalue weighted by Gasteiger charge is -2.13. The van der Waals surface area contributed by atoms with Gasteiger partial charge < -0.3 is 11.1 Å². The first kappa shape index (κ1) is 17.2. The van der Waals surface area contributed by atoms with E-state index in [1.807, 2.05) is 42.5 Å². The van der Waals surface area contributed by atoms with Crippen molar-refractivity contribution in [3.8, 4) is 6.07 Å². The summed E-state index contributed by atoms with van der Waals surface area (Å²) in [7, 11) is 0. The van der Waals surface area contributed by atoms with Crippen LogP contribution in [0.3, 0.4) is 0 Å². The second-order valence-corrected chi connectivity index (χ2v) is 5.48. The maximum Gasteiger partial charge on any atom is 0.0669 e. The predicted molar refractivity (Wildman–Crippen MR) is 102 cm³/mol. The first-order valence-corrected chi connectivity index (χ1v) is 7.87. The molecule has 0 saturated heterocycles. The normalized spacial score (nSPS) is 10.5. The predicted octanol–water partition coefficient (Wildman–Crippen LogP) is 4.62. The Kier molecular flexibility index (Phi) is 5.70. The Bertz CT molecular complexity index is 821. The molecule has 0 saturated carbocycles. The molecule has 3 heteroatoms. The third-order valence-corrected chi connectivity index (χ3v) is 3.93. The fourth-order valence-electron chi connectivity index (χ4n) is 2.67. The lowest BCUT2D eigenvalue weighted by Crippen LogP contribution is -2.07. The van der Waals surface area contributed by atoms with Gasteiger partial charge >= 0.3 is 0 Å².